The van der Waals surface area contributed by atoms with Gasteiger partial charge in [-0.05, 0) is 19.1 Å². The van der Waals surface area contributed by atoms with Gasteiger partial charge in [-0.15, -0.1) is 0 Å². The highest BCUT2D eigenvalue weighted by Crippen LogP contribution is 2.34. The first-order chi connectivity index (χ1) is 12.4. The number of Topliss-reactive ketones (excluding diaryl/α,β-unsaturated/α-hetero) is 1. The number of ketones is 1. The van der Waals surface area contributed by atoms with E-state index >= 15 is 0 Å². The minimum atomic E-state index is -0.803. The van der Waals surface area contributed by atoms with Crippen LogP contribution in [0.2, 0.25) is 0 Å². The number of rotatable bonds is 4. The minimum absolute atomic E-state index is 0.0483. The Balaban J connectivity index is 0.000000213. The summed E-state index contributed by atoms with van der Waals surface area (Å²) in [6, 6.07) is 5.76. The van der Waals surface area contributed by atoms with Gasteiger partial charge < -0.3 is 24.0 Å². The molecule has 26 heavy (non-hydrogen) atoms. The van der Waals surface area contributed by atoms with E-state index in [9.17, 15) is 14.4 Å². The molecule has 0 aliphatic heterocycles. The zero-order chi connectivity index (χ0) is 19.3. The van der Waals surface area contributed by atoms with Crippen molar-refractivity contribution in [2.45, 2.75) is 19.4 Å². The van der Waals surface area contributed by atoms with Gasteiger partial charge in [0, 0.05) is 18.6 Å². The molecule has 0 aliphatic rings. The minimum Gasteiger partial charge on any atom is -0.495 e. The van der Waals surface area contributed by atoms with Gasteiger partial charge >= 0.3 is 11.6 Å². The van der Waals surface area contributed by atoms with Gasteiger partial charge in [-0.1, -0.05) is 0 Å². The molecule has 0 amide bonds. The van der Waals surface area contributed by atoms with Crippen molar-refractivity contribution in [3.05, 3.63) is 40.9 Å². The van der Waals surface area contributed by atoms with Crippen LogP contribution >= 0.6 is 0 Å². The van der Waals surface area contributed by atoms with Crippen LogP contribution in [0, 0.1) is 0 Å². The van der Waals surface area contributed by atoms with Crippen molar-refractivity contribution >= 4 is 33.7 Å². The van der Waals surface area contributed by atoms with Gasteiger partial charge in [-0.2, -0.15) is 0 Å². The van der Waals surface area contributed by atoms with E-state index in [1.54, 1.807) is 25.5 Å². The van der Waals surface area contributed by atoms with Crippen molar-refractivity contribution in [3.8, 4) is 5.75 Å². The van der Waals surface area contributed by atoms with E-state index < -0.39 is 12.0 Å². The first-order valence-corrected chi connectivity index (χ1v) is 7.68. The first-order valence-electron chi connectivity index (χ1n) is 7.68. The number of nitrogens with two attached hydrogens (primary N) is 1. The van der Waals surface area contributed by atoms with Crippen LogP contribution in [-0.2, 0) is 14.3 Å². The van der Waals surface area contributed by atoms with Crippen LogP contribution < -0.4 is 16.1 Å². The number of hydrogen-bond donors (Lipinski definition) is 1. The van der Waals surface area contributed by atoms with E-state index in [2.05, 4.69) is 4.74 Å². The molecule has 1 unspecified atom stereocenters. The molecule has 1 atom stereocenters. The van der Waals surface area contributed by atoms with Gasteiger partial charge in [-0.3, -0.25) is 9.59 Å². The topological polar surface area (TPSA) is 122 Å². The van der Waals surface area contributed by atoms with Crippen molar-refractivity contribution in [2.24, 2.45) is 5.73 Å². The highest BCUT2D eigenvalue weighted by molar-refractivity contribution is 6.01. The van der Waals surface area contributed by atoms with Crippen LogP contribution in [0.4, 0.5) is 0 Å². The van der Waals surface area contributed by atoms with Gasteiger partial charge in [0.1, 0.15) is 28.7 Å². The molecule has 2 aromatic heterocycles. The summed E-state index contributed by atoms with van der Waals surface area (Å²) in [5.41, 5.74) is 5.95. The Hall–Kier alpha value is -3.13. The van der Waals surface area contributed by atoms with E-state index in [0.29, 0.717) is 16.9 Å². The fraction of sp³-hybridized carbons (Fsp3) is 0.278. The molecule has 0 bridgehead atoms. The Kier molecular flexibility index (Phi) is 6.13. The van der Waals surface area contributed by atoms with E-state index in [1.807, 2.05) is 6.07 Å². The third kappa shape index (κ3) is 4.28. The third-order valence-electron chi connectivity index (χ3n) is 3.52. The van der Waals surface area contributed by atoms with Gasteiger partial charge in [0.05, 0.1) is 31.3 Å². The molecule has 2 heterocycles. The number of carbonyl (C=O) groups is 2. The summed E-state index contributed by atoms with van der Waals surface area (Å²) in [5, 5.41) is 1.62. The summed E-state index contributed by atoms with van der Waals surface area (Å²) in [4.78, 5) is 32.1. The number of furan rings is 1. The van der Waals surface area contributed by atoms with Crippen molar-refractivity contribution in [2.75, 3.05) is 14.2 Å². The summed E-state index contributed by atoms with van der Waals surface area (Å²) >= 11 is 0. The Labute approximate surface area is 148 Å². The third-order valence-corrected chi connectivity index (χ3v) is 3.52. The normalized spacial score (nSPS) is 11.5. The maximum Gasteiger partial charge on any atom is 0.336 e. The molecule has 3 aromatic rings. The second-order valence-electron chi connectivity index (χ2n) is 5.44. The molecule has 0 aliphatic carbocycles. The van der Waals surface area contributed by atoms with Crippen LogP contribution in [0.1, 0.15) is 13.3 Å². The van der Waals surface area contributed by atoms with Gasteiger partial charge in [0.15, 0.2) is 0 Å². The van der Waals surface area contributed by atoms with Crippen LogP contribution in [0.3, 0.4) is 0 Å². The predicted molar refractivity (Wildman–Crippen MR) is 94.1 cm³/mol. The average molecular weight is 361 g/mol. The molecule has 0 fully saturated rings. The Morgan fingerprint density at radius 1 is 1.15 bits per heavy atom. The van der Waals surface area contributed by atoms with Crippen LogP contribution in [0.25, 0.3) is 21.9 Å². The van der Waals surface area contributed by atoms with E-state index in [4.69, 9.17) is 19.3 Å². The van der Waals surface area contributed by atoms with Crippen LogP contribution in [0.15, 0.2) is 44.2 Å². The molecule has 3 rings (SSSR count). The SMILES string of the molecule is COC(=O)C(N)CC(C)=O.COc1c2ccoc2cc2oc(=O)ccc12. The second-order valence-corrected chi connectivity index (χ2v) is 5.44. The molecule has 138 valence electrons. The highest BCUT2D eigenvalue weighted by Gasteiger charge is 2.14. The fourth-order valence-electron chi connectivity index (χ4n) is 2.37. The number of hydrogen-bond acceptors (Lipinski definition) is 8. The zero-order valence-electron chi connectivity index (χ0n) is 14.6. The number of benzene rings is 1. The molecule has 0 radical (unpaired) electrons. The molecular formula is C18H19NO7. The largest absolute Gasteiger partial charge is 0.495 e. The summed E-state index contributed by atoms with van der Waals surface area (Å²) in [5.74, 6) is -0.00176. The monoisotopic (exact) mass is 361 g/mol. The van der Waals surface area contributed by atoms with E-state index in [1.165, 1.54) is 20.1 Å². The van der Waals surface area contributed by atoms with Crippen molar-refractivity contribution in [3.63, 3.8) is 0 Å². The van der Waals surface area contributed by atoms with Crippen LogP contribution in [-0.4, -0.2) is 32.0 Å². The van der Waals surface area contributed by atoms with E-state index in [0.717, 1.165) is 10.8 Å². The number of esters is 1. The van der Waals surface area contributed by atoms with Crippen molar-refractivity contribution in [1.29, 1.82) is 0 Å². The van der Waals surface area contributed by atoms with Crippen molar-refractivity contribution in [1.82, 2.24) is 0 Å². The fourth-order valence-corrected chi connectivity index (χ4v) is 2.37. The molecule has 1 aromatic carbocycles. The maximum atomic E-state index is 11.1. The predicted octanol–water partition coefficient (Wildman–Crippen LogP) is 2.01. The maximum absolute atomic E-state index is 11.1. The van der Waals surface area contributed by atoms with Crippen LogP contribution in [0.5, 0.6) is 5.75 Å². The molecule has 8 nitrogen and oxygen atoms in total. The van der Waals surface area contributed by atoms with Gasteiger partial charge in [-0.25, -0.2) is 4.79 Å². The van der Waals surface area contributed by atoms with Gasteiger partial charge in [0.2, 0.25) is 0 Å². The lowest BCUT2D eigenvalue weighted by atomic mass is 10.1. The lowest BCUT2D eigenvalue weighted by Gasteiger charge is -2.04. The molecular weight excluding hydrogens is 342 g/mol. The van der Waals surface area contributed by atoms with Gasteiger partial charge in [0.25, 0.3) is 0 Å². The molecule has 2 N–H and O–H groups in total. The number of fused-ring (bicyclic) bond motifs is 2. The smallest absolute Gasteiger partial charge is 0.336 e. The summed E-state index contributed by atoms with van der Waals surface area (Å²) in [6.07, 6.45) is 1.62. The molecule has 8 heteroatoms. The Bertz CT molecular complexity index is 986. The molecule has 0 saturated heterocycles. The number of ether oxygens (including phenoxy) is 2. The molecule has 0 spiro atoms. The number of methoxy groups -OCH3 is 2. The highest BCUT2D eigenvalue weighted by atomic mass is 16.5. The quantitative estimate of drug-likeness (QED) is 0.553. The Morgan fingerprint density at radius 2 is 1.85 bits per heavy atom. The average Bonchev–Trinajstić information content (AvgIpc) is 3.06. The molecule has 0 saturated carbocycles. The summed E-state index contributed by atoms with van der Waals surface area (Å²) < 4.78 is 20.0. The lowest BCUT2D eigenvalue weighted by molar-refractivity contribution is -0.143. The summed E-state index contributed by atoms with van der Waals surface area (Å²) in [6.45, 7) is 1.38. The van der Waals surface area contributed by atoms with E-state index in [-0.39, 0.29) is 17.8 Å². The lowest BCUT2D eigenvalue weighted by Crippen LogP contribution is -2.33. The standard InChI is InChI=1S/C12H8O4.C6H11NO3/c1-14-12-7-2-3-11(13)16-10(7)6-9-8(12)4-5-15-9;1-4(8)3-5(7)6(9)10-2/h2-6H,1H3;5H,3,7H2,1-2H3. The van der Waals surface area contributed by atoms with Crippen molar-refractivity contribution < 1.29 is 27.9 Å². The number of carbonyl (C=O) groups excluding carboxylic acids is 2. The zero-order valence-corrected chi connectivity index (χ0v) is 14.6. The Morgan fingerprint density at radius 3 is 2.46 bits per heavy atom. The summed E-state index contributed by atoms with van der Waals surface area (Å²) in [7, 11) is 2.81. The first kappa shape index (κ1) is 19.2. The second kappa shape index (κ2) is 8.30.